The zero-order chi connectivity index (χ0) is 19.0. The van der Waals surface area contributed by atoms with Crippen molar-refractivity contribution >= 4 is 39.3 Å². The topological polar surface area (TPSA) is 106 Å². The van der Waals surface area contributed by atoms with Crippen molar-refractivity contribution in [2.45, 2.75) is 19.9 Å². The van der Waals surface area contributed by atoms with Gasteiger partial charge in [-0.2, -0.15) is 4.98 Å². The van der Waals surface area contributed by atoms with E-state index in [-0.39, 0.29) is 6.04 Å². The Bertz CT molecular complexity index is 1090. The predicted molar refractivity (Wildman–Crippen MR) is 100 cm³/mol. The predicted octanol–water partition coefficient (Wildman–Crippen LogP) is 2.97. The number of aryl methyl sites for hydroxylation is 2. The minimum absolute atomic E-state index is 0.306. The SMILES string of the molecule is Cc1nc2c(Nc3cn(C)cn3)nc(NC(C)c3ncc(F)cn3)nc2s1. The Labute approximate surface area is 157 Å². The molecule has 0 aliphatic heterocycles. The number of hydrogen-bond acceptors (Lipinski definition) is 9. The highest BCUT2D eigenvalue weighted by molar-refractivity contribution is 7.18. The lowest BCUT2D eigenvalue weighted by atomic mass is 10.3. The lowest BCUT2D eigenvalue weighted by molar-refractivity contribution is 0.604. The molecule has 2 N–H and O–H groups in total. The van der Waals surface area contributed by atoms with Crippen molar-refractivity contribution in [2.75, 3.05) is 10.6 Å². The minimum atomic E-state index is -0.481. The van der Waals surface area contributed by atoms with Crippen LogP contribution in [0.25, 0.3) is 10.3 Å². The van der Waals surface area contributed by atoms with Crippen LogP contribution in [0.5, 0.6) is 0 Å². The highest BCUT2D eigenvalue weighted by atomic mass is 32.1. The first-order valence-electron chi connectivity index (χ1n) is 8.12. The second kappa shape index (κ2) is 6.83. The van der Waals surface area contributed by atoms with Crippen LogP contribution in [0.1, 0.15) is 23.8 Å². The summed E-state index contributed by atoms with van der Waals surface area (Å²) in [7, 11) is 1.89. The number of hydrogen-bond donors (Lipinski definition) is 2. The number of aromatic nitrogens is 7. The molecule has 4 aromatic heterocycles. The highest BCUT2D eigenvalue weighted by Gasteiger charge is 2.16. The van der Waals surface area contributed by atoms with E-state index >= 15 is 0 Å². The summed E-state index contributed by atoms with van der Waals surface area (Å²) in [4.78, 5) is 26.6. The molecule has 1 unspecified atom stereocenters. The smallest absolute Gasteiger partial charge is 0.226 e. The quantitative estimate of drug-likeness (QED) is 0.540. The summed E-state index contributed by atoms with van der Waals surface area (Å²) in [5.74, 6) is 1.57. The number of halogens is 1. The maximum Gasteiger partial charge on any atom is 0.226 e. The molecule has 0 bridgehead atoms. The summed E-state index contributed by atoms with van der Waals surface area (Å²) in [6.07, 6.45) is 5.80. The molecule has 0 aliphatic rings. The third kappa shape index (κ3) is 3.67. The molecular weight excluding hydrogens is 369 g/mol. The molecule has 4 heterocycles. The van der Waals surface area contributed by atoms with Gasteiger partial charge >= 0.3 is 0 Å². The van der Waals surface area contributed by atoms with Gasteiger partial charge in [0.05, 0.1) is 29.8 Å². The van der Waals surface area contributed by atoms with Gasteiger partial charge in [0.25, 0.3) is 0 Å². The number of anilines is 3. The largest absolute Gasteiger partial charge is 0.344 e. The molecule has 0 fully saturated rings. The number of thiazole rings is 1. The summed E-state index contributed by atoms with van der Waals surface area (Å²) in [6.45, 7) is 3.77. The van der Waals surface area contributed by atoms with Crippen molar-refractivity contribution in [3.63, 3.8) is 0 Å². The number of nitrogens with zero attached hydrogens (tertiary/aromatic N) is 7. The lowest BCUT2D eigenvalue weighted by Crippen LogP contribution is -2.13. The van der Waals surface area contributed by atoms with Gasteiger partial charge in [0.2, 0.25) is 5.95 Å². The van der Waals surface area contributed by atoms with Gasteiger partial charge in [0, 0.05) is 13.2 Å². The molecule has 4 rings (SSSR count). The van der Waals surface area contributed by atoms with Gasteiger partial charge in [-0.05, 0) is 13.8 Å². The fourth-order valence-corrected chi connectivity index (χ4v) is 3.27. The summed E-state index contributed by atoms with van der Waals surface area (Å²) in [5, 5.41) is 7.22. The number of fused-ring (bicyclic) bond motifs is 1. The van der Waals surface area contributed by atoms with E-state index in [1.54, 1.807) is 6.33 Å². The van der Waals surface area contributed by atoms with Crippen LogP contribution in [0.3, 0.4) is 0 Å². The molecule has 0 aromatic carbocycles. The maximum absolute atomic E-state index is 13.0. The van der Waals surface area contributed by atoms with Crippen molar-refractivity contribution < 1.29 is 4.39 Å². The standard InChI is InChI=1S/C16H16FN9S/c1-8(13-18-4-10(17)5-19-13)21-16-24-14(23-11-6-26(3)7-20-11)12-15(25-16)27-9(2)22-12/h4-8H,1-3H3,(H2,21,23,24,25). The first kappa shape index (κ1) is 17.2. The summed E-state index contributed by atoms with van der Waals surface area (Å²) >= 11 is 1.47. The Kier molecular flexibility index (Phi) is 4.36. The Hall–Kier alpha value is -3.21. The van der Waals surface area contributed by atoms with Crippen molar-refractivity contribution in [3.05, 3.63) is 41.6 Å². The van der Waals surface area contributed by atoms with E-state index < -0.39 is 5.82 Å². The van der Waals surface area contributed by atoms with E-state index in [1.807, 2.05) is 31.7 Å². The van der Waals surface area contributed by atoms with Gasteiger partial charge in [0.15, 0.2) is 16.5 Å². The Balaban J connectivity index is 1.67. The maximum atomic E-state index is 13.0. The first-order valence-corrected chi connectivity index (χ1v) is 8.94. The molecule has 0 saturated heterocycles. The number of nitrogens with one attached hydrogen (secondary N) is 2. The van der Waals surface area contributed by atoms with Gasteiger partial charge in [-0.15, -0.1) is 0 Å². The third-order valence-electron chi connectivity index (χ3n) is 3.69. The normalized spacial score (nSPS) is 12.3. The van der Waals surface area contributed by atoms with Gasteiger partial charge in [-0.25, -0.2) is 29.3 Å². The Morgan fingerprint density at radius 3 is 2.63 bits per heavy atom. The van der Waals surface area contributed by atoms with Crippen LogP contribution in [0, 0.1) is 12.7 Å². The zero-order valence-electron chi connectivity index (χ0n) is 14.8. The molecule has 138 valence electrons. The van der Waals surface area contributed by atoms with Crippen LogP contribution in [0.4, 0.5) is 22.0 Å². The van der Waals surface area contributed by atoms with E-state index in [1.165, 1.54) is 11.3 Å². The third-order valence-corrected chi connectivity index (χ3v) is 4.55. The number of rotatable bonds is 5. The molecule has 4 aromatic rings. The van der Waals surface area contributed by atoms with Gasteiger partial charge in [-0.3, -0.25) is 0 Å². The molecule has 0 saturated carbocycles. The second-order valence-corrected chi connectivity index (χ2v) is 7.14. The summed E-state index contributed by atoms with van der Waals surface area (Å²) < 4.78 is 14.9. The van der Waals surface area contributed by atoms with Gasteiger partial charge in [-0.1, -0.05) is 11.3 Å². The lowest BCUT2D eigenvalue weighted by Gasteiger charge is -2.13. The molecule has 0 spiro atoms. The van der Waals surface area contributed by atoms with Crippen LogP contribution >= 0.6 is 11.3 Å². The molecular formula is C16H16FN9S. The molecule has 0 amide bonds. The fraction of sp³-hybridized carbons (Fsp3) is 0.250. The zero-order valence-corrected chi connectivity index (χ0v) is 15.6. The molecule has 1 atom stereocenters. The van der Waals surface area contributed by atoms with Crippen LogP contribution < -0.4 is 10.6 Å². The molecule has 0 radical (unpaired) electrons. The van der Waals surface area contributed by atoms with Gasteiger partial charge in [0.1, 0.15) is 17.2 Å². The van der Waals surface area contributed by atoms with Crippen LogP contribution in [0.2, 0.25) is 0 Å². The molecule has 11 heteroatoms. The number of imidazole rings is 1. The molecule has 0 aliphatic carbocycles. The summed E-state index contributed by atoms with van der Waals surface area (Å²) in [5.41, 5.74) is 0.680. The average Bonchev–Trinajstić information content (AvgIpc) is 3.20. The first-order chi connectivity index (χ1) is 13.0. The van der Waals surface area contributed by atoms with Crippen molar-refractivity contribution in [2.24, 2.45) is 7.05 Å². The van der Waals surface area contributed by atoms with Crippen LogP contribution in [-0.4, -0.2) is 34.5 Å². The van der Waals surface area contributed by atoms with E-state index in [0.29, 0.717) is 28.9 Å². The minimum Gasteiger partial charge on any atom is -0.344 e. The van der Waals surface area contributed by atoms with E-state index in [2.05, 4.69) is 40.5 Å². The highest BCUT2D eigenvalue weighted by Crippen LogP contribution is 2.29. The van der Waals surface area contributed by atoms with E-state index in [4.69, 9.17) is 0 Å². The van der Waals surface area contributed by atoms with Crippen LogP contribution in [-0.2, 0) is 7.05 Å². The summed E-state index contributed by atoms with van der Waals surface area (Å²) in [6, 6.07) is -0.306. The molecule has 27 heavy (non-hydrogen) atoms. The van der Waals surface area contributed by atoms with Crippen molar-refractivity contribution in [1.82, 2.24) is 34.5 Å². The molecule has 9 nitrogen and oxygen atoms in total. The Morgan fingerprint density at radius 1 is 1.15 bits per heavy atom. The van der Waals surface area contributed by atoms with Crippen LogP contribution in [0.15, 0.2) is 24.9 Å². The average molecular weight is 385 g/mol. The van der Waals surface area contributed by atoms with E-state index in [0.717, 1.165) is 22.2 Å². The second-order valence-electron chi connectivity index (χ2n) is 5.96. The fourth-order valence-electron chi connectivity index (χ4n) is 2.48. The van der Waals surface area contributed by atoms with Gasteiger partial charge < -0.3 is 15.2 Å². The van der Waals surface area contributed by atoms with Crippen molar-refractivity contribution in [1.29, 1.82) is 0 Å². The van der Waals surface area contributed by atoms with E-state index in [9.17, 15) is 4.39 Å². The monoisotopic (exact) mass is 385 g/mol. The van der Waals surface area contributed by atoms with Crippen molar-refractivity contribution in [3.8, 4) is 0 Å². The Morgan fingerprint density at radius 2 is 1.93 bits per heavy atom.